The highest BCUT2D eigenvalue weighted by molar-refractivity contribution is 6.25. The van der Waals surface area contributed by atoms with Gasteiger partial charge >= 0.3 is 0 Å². The molecule has 0 bridgehead atoms. The van der Waals surface area contributed by atoms with Crippen molar-refractivity contribution in [1.29, 1.82) is 0 Å². The molecular weight excluding hydrogens is 250 g/mol. The Labute approximate surface area is 116 Å². The Morgan fingerprint density at radius 1 is 1.00 bits per heavy atom. The molecule has 1 N–H and O–H groups in total. The number of fused-ring (bicyclic) bond motifs is 1. The average Bonchev–Trinajstić information content (AvgIpc) is 2.45. The van der Waals surface area contributed by atoms with Crippen LogP contribution in [0.25, 0.3) is 0 Å². The van der Waals surface area contributed by atoms with E-state index in [-0.39, 0.29) is 11.5 Å². The number of hydrogen-bond acceptors (Lipinski definition) is 3. The summed E-state index contributed by atoms with van der Waals surface area (Å²) in [6, 6.07) is 12.7. The quantitative estimate of drug-likeness (QED) is 0.855. The number of phenols is 1. The van der Waals surface area contributed by atoms with Crippen LogP contribution in [0.4, 0.5) is 5.69 Å². The third-order valence-corrected chi connectivity index (χ3v) is 3.24. The van der Waals surface area contributed by atoms with Crippen LogP contribution in [0.2, 0.25) is 0 Å². The maximum atomic E-state index is 11.8. The van der Waals surface area contributed by atoms with E-state index in [0.717, 1.165) is 11.3 Å². The molecule has 0 radical (unpaired) electrons. The molecule has 0 spiro atoms. The van der Waals surface area contributed by atoms with Gasteiger partial charge in [-0.15, -0.1) is 0 Å². The zero-order chi connectivity index (χ0) is 14.1. The van der Waals surface area contributed by atoms with Gasteiger partial charge in [0.05, 0.1) is 17.0 Å². The van der Waals surface area contributed by atoms with E-state index >= 15 is 0 Å². The van der Waals surface area contributed by atoms with Crippen LogP contribution in [0.15, 0.2) is 59.6 Å². The van der Waals surface area contributed by atoms with Crippen molar-refractivity contribution in [2.75, 3.05) is 0 Å². The highest BCUT2D eigenvalue weighted by Crippen LogP contribution is 2.28. The zero-order valence-electron chi connectivity index (χ0n) is 11.0. The molecule has 20 heavy (non-hydrogen) atoms. The number of aryl methyl sites for hydroxylation is 1. The first kappa shape index (κ1) is 12.4. The molecule has 1 aliphatic rings. The lowest BCUT2D eigenvalue weighted by Crippen LogP contribution is -2.12. The maximum absolute atomic E-state index is 11.8. The Bertz CT molecular complexity index is 740. The smallest absolute Gasteiger partial charge is 0.186 e. The standard InChI is InChI=1S/C17H13NO2/c1-11-5-7-12(8-6-11)18-14-9-10-15(19)13-3-2-4-16(20)17(13)14/h2-10,20H,1H3. The molecule has 0 saturated carbocycles. The van der Waals surface area contributed by atoms with Gasteiger partial charge in [-0.05, 0) is 37.3 Å². The van der Waals surface area contributed by atoms with Crippen molar-refractivity contribution in [3.63, 3.8) is 0 Å². The molecule has 0 aliphatic heterocycles. The van der Waals surface area contributed by atoms with Gasteiger partial charge in [-0.25, -0.2) is 4.99 Å². The normalized spacial score (nSPS) is 15.4. The number of phenolic OH excluding ortho intramolecular Hbond substituents is 1. The first-order chi connectivity index (χ1) is 9.65. The van der Waals surface area contributed by atoms with Crippen LogP contribution in [0.1, 0.15) is 21.5 Å². The Kier molecular flexibility index (Phi) is 2.95. The highest BCUT2D eigenvalue weighted by Gasteiger charge is 2.20. The average molecular weight is 263 g/mol. The van der Waals surface area contributed by atoms with Crippen LogP contribution in [0, 0.1) is 6.92 Å². The van der Waals surface area contributed by atoms with E-state index < -0.39 is 0 Å². The molecule has 98 valence electrons. The van der Waals surface area contributed by atoms with Gasteiger partial charge in [-0.2, -0.15) is 0 Å². The van der Waals surface area contributed by atoms with Crippen LogP contribution in [0.3, 0.4) is 0 Å². The maximum Gasteiger partial charge on any atom is 0.186 e. The van der Waals surface area contributed by atoms with Crippen LogP contribution >= 0.6 is 0 Å². The molecular formula is C17H13NO2. The van der Waals surface area contributed by atoms with Gasteiger partial charge in [0, 0.05) is 5.56 Å². The lowest BCUT2D eigenvalue weighted by atomic mass is 9.93. The van der Waals surface area contributed by atoms with Gasteiger partial charge in [-0.3, -0.25) is 4.79 Å². The number of ketones is 1. The highest BCUT2D eigenvalue weighted by atomic mass is 16.3. The van der Waals surface area contributed by atoms with Gasteiger partial charge in [0.1, 0.15) is 5.75 Å². The minimum atomic E-state index is -0.112. The van der Waals surface area contributed by atoms with Crippen molar-refractivity contribution in [2.24, 2.45) is 4.99 Å². The lowest BCUT2D eigenvalue weighted by Gasteiger charge is -2.13. The predicted molar refractivity (Wildman–Crippen MR) is 79.0 cm³/mol. The van der Waals surface area contributed by atoms with Crippen LogP contribution in [-0.4, -0.2) is 16.6 Å². The Morgan fingerprint density at radius 3 is 2.50 bits per heavy atom. The number of hydrogen-bond donors (Lipinski definition) is 1. The van der Waals surface area contributed by atoms with Crippen molar-refractivity contribution in [3.8, 4) is 5.75 Å². The number of allylic oxidation sites excluding steroid dienone is 2. The lowest BCUT2D eigenvalue weighted by molar-refractivity contribution is 0.104. The number of aromatic hydroxyl groups is 1. The fraction of sp³-hybridized carbons (Fsp3) is 0.0588. The second kappa shape index (κ2) is 4.78. The molecule has 2 aromatic carbocycles. The number of aliphatic imine (C=N–C) groups is 1. The topological polar surface area (TPSA) is 49.7 Å². The molecule has 1 aliphatic carbocycles. The van der Waals surface area contributed by atoms with Crippen molar-refractivity contribution < 1.29 is 9.90 Å². The number of carbonyl (C=O) groups excluding carboxylic acids is 1. The first-order valence-electron chi connectivity index (χ1n) is 6.35. The molecule has 0 amide bonds. The largest absolute Gasteiger partial charge is 0.507 e. The second-order valence-electron chi connectivity index (χ2n) is 4.73. The molecule has 0 saturated heterocycles. The zero-order valence-corrected chi connectivity index (χ0v) is 11.0. The minimum absolute atomic E-state index is 0.0751. The van der Waals surface area contributed by atoms with E-state index in [2.05, 4.69) is 4.99 Å². The van der Waals surface area contributed by atoms with E-state index in [1.54, 1.807) is 24.3 Å². The van der Waals surface area contributed by atoms with Crippen LogP contribution < -0.4 is 0 Å². The molecule has 2 aromatic rings. The van der Waals surface area contributed by atoms with Crippen LogP contribution in [-0.2, 0) is 0 Å². The number of benzene rings is 2. The van der Waals surface area contributed by atoms with Crippen molar-refractivity contribution in [1.82, 2.24) is 0 Å². The fourth-order valence-corrected chi connectivity index (χ4v) is 2.19. The van der Waals surface area contributed by atoms with Gasteiger partial charge in [0.25, 0.3) is 0 Å². The first-order valence-corrected chi connectivity index (χ1v) is 6.35. The summed E-state index contributed by atoms with van der Waals surface area (Å²) < 4.78 is 0. The van der Waals surface area contributed by atoms with Crippen molar-refractivity contribution in [3.05, 3.63) is 71.3 Å². The van der Waals surface area contributed by atoms with E-state index in [1.165, 1.54) is 6.08 Å². The summed E-state index contributed by atoms with van der Waals surface area (Å²) in [6.45, 7) is 2.01. The van der Waals surface area contributed by atoms with Gasteiger partial charge in [-0.1, -0.05) is 29.8 Å². The van der Waals surface area contributed by atoms with Gasteiger partial charge in [0.15, 0.2) is 5.78 Å². The van der Waals surface area contributed by atoms with Crippen molar-refractivity contribution >= 4 is 17.2 Å². The van der Waals surface area contributed by atoms with Gasteiger partial charge in [0.2, 0.25) is 0 Å². The molecule has 3 rings (SSSR count). The third kappa shape index (κ3) is 2.14. The molecule has 3 nitrogen and oxygen atoms in total. The Hall–Kier alpha value is -2.68. The van der Waals surface area contributed by atoms with E-state index in [0.29, 0.717) is 16.8 Å². The van der Waals surface area contributed by atoms with E-state index in [4.69, 9.17) is 0 Å². The third-order valence-electron chi connectivity index (χ3n) is 3.24. The van der Waals surface area contributed by atoms with Gasteiger partial charge < -0.3 is 5.11 Å². The SMILES string of the molecule is Cc1ccc(N=C2C=CC(=O)c3cccc(O)c32)cc1. The predicted octanol–water partition coefficient (Wildman–Crippen LogP) is 3.57. The molecule has 0 aromatic heterocycles. The second-order valence-corrected chi connectivity index (χ2v) is 4.73. The van der Waals surface area contributed by atoms with Crippen molar-refractivity contribution in [2.45, 2.75) is 6.92 Å². The molecule has 0 atom stereocenters. The monoisotopic (exact) mass is 263 g/mol. The summed E-state index contributed by atoms with van der Waals surface area (Å²) in [4.78, 5) is 16.3. The van der Waals surface area contributed by atoms with E-state index in [1.807, 2.05) is 31.2 Å². The summed E-state index contributed by atoms with van der Waals surface area (Å²) in [5.74, 6) is -0.0372. The summed E-state index contributed by atoms with van der Waals surface area (Å²) in [7, 11) is 0. The summed E-state index contributed by atoms with van der Waals surface area (Å²) in [5.41, 5.74) is 3.53. The summed E-state index contributed by atoms with van der Waals surface area (Å²) in [5, 5.41) is 10.00. The molecule has 0 heterocycles. The number of rotatable bonds is 1. The fourth-order valence-electron chi connectivity index (χ4n) is 2.19. The number of nitrogens with zero attached hydrogens (tertiary/aromatic N) is 1. The molecule has 0 fully saturated rings. The Morgan fingerprint density at radius 2 is 1.75 bits per heavy atom. The van der Waals surface area contributed by atoms with E-state index in [9.17, 15) is 9.90 Å². The number of carbonyl (C=O) groups is 1. The molecule has 0 unspecified atom stereocenters. The molecule has 3 heteroatoms. The summed E-state index contributed by atoms with van der Waals surface area (Å²) >= 11 is 0. The summed E-state index contributed by atoms with van der Waals surface area (Å²) in [6.07, 6.45) is 3.12. The Balaban J connectivity index is 2.14. The van der Waals surface area contributed by atoms with Crippen LogP contribution in [0.5, 0.6) is 5.75 Å². The minimum Gasteiger partial charge on any atom is -0.507 e.